The largest absolute Gasteiger partial charge is 0.490 e. The fourth-order valence-electron chi connectivity index (χ4n) is 1.72. The topological polar surface area (TPSA) is 82.2 Å². The third-order valence-corrected chi connectivity index (χ3v) is 2.68. The molecule has 0 fully saturated rings. The fourth-order valence-corrected chi connectivity index (χ4v) is 1.72. The van der Waals surface area contributed by atoms with Gasteiger partial charge in [-0.15, -0.1) is 0 Å². The van der Waals surface area contributed by atoms with E-state index in [0.717, 1.165) is 6.07 Å². The van der Waals surface area contributed by atoms with Gasteiger partial charge >= 0.3 is 5.69 Å². The average molecular weight is 280 g/mol. The van der Waals surface area contributed by atoms with Crippen molar-refractivity contribution >= 4 is 11.4 Å². The zero-order valence-corrected chi connectivity index (χ0v) is 10.7. The van der Waals surface area contributed by atoms with Crippen LogP contribution in [0.1, 0.15) is 0 Å². The average Bonchev–Trinajstić information content (AvgIpc) is 2.93. The molecule has 2 aromatic rings. The summed E-state index contributed by atoms with van der Waals surface area (Å²) in [4.78, 5) is 10.1. The van der Waals surface area contributed by atoms with Gasteiger partial charge in [0.25, 0.3) is 0 Å². The molecule has 1 N–H and O–H groups in total. The summed E-state index contributed by atoms with van der Waals surface area (Å²) in [5.74, 6) is -0.684. The van der Waals surface area contributed by atoms with Crippen LogP contribution in [0.3, 0.4) is 0 Å². The van der Waals surface area contributed by atoms with Crippen molar-refractivity contribution in [2.75, 3.05) is 19.0 Å². The maximum atomic E-state index is 13.7. The van der Waals surface area contributed by atoms with Crippen molar-refractivity contribution in [1.29, 1.82) is 0 Å². The Labute approximate surface area is 114 Å². The van der Waals surface area contributed by atoms with Crippen LogP contribution in [0, 0.1) is 15.9 Å². The zero-order valence-electron chi connectivity index (χ0n) is 10.7. The van der Waals surface area contributed by atoms with E-state index in [1.54, 1.807) is 23.1 Å². The molecule has 0 aliphatic carbocycles. The van der Waals surface area contributed by atoms with Crippen molar-refractivity contribution < 1.29 is 14.1 Å². The lowest BCUT2D eigenvalue weighted by molar-refractivity contribution is -0.385. The number of benzene rings is 1. The van der Waals surface area contributed by atoms with Crippen LogP contribution in [0.2, 0.25) is 0 Å². The highest BCUT2D eigenvalue weighted by Crippen LogP contribution is 2.32. The third-order valence-electron chi connectivity index (χ3n) is 2.68. The van der Waals surface area contributed by atoms with E-state index in [-0.39, 0.29) is 11.4 Å². The van der Waals surface area contributed by atoms with Gasteiger partial charge in [-0.3, -0.25) is 14.8 Å². The number of halogens is 1. The number of nitrogens with one attached hydrogen (secondary N) is 1. The molecule has 8 heteroatoms. The molecular formula is C12H13FN4O3. The Bertz CT molecular complexity index is 601. The Kier molecular flexibility index (Phi) is 4.14. The van der Waals surface area contributed by atoms with Crippen molar-refractivity contribution in [3.05, 3.63) is 46.5 Å². The van der Waals surface area contributed by atoms with E-state index in [1.807, 2.05) is 0 Å². The van der Waals surface area contributed by atoms with Crippen molar-refractivity contribution in [2.45, 2.75) is 6.54 Å². The number of ether oxygens (including phenoxy) is 1. The van der Waals surface area contributed by atoms with E-state index < -0.39 is 16.4 Å². The van der Waals surface area contributed by atoms with Gasteiger partial charge in [-0.1, -0.05) is 0 Å². The Morgan fingerprint density at radius 3 is 2.95 bits per heavy atom. The summed E-state index contributed by atoms with van der Waals surface area (Å²) in [6.07, 6.45) is 3.43. The van der Waals surface area contributed by atoms with Crippen LogP contribution in [-0.4, -0.2) is 28.4 Å². The second-order valence-corrected chi connectivity index (χ2v) is 3.96. The SMILES string of the molecule is COc1cc(NCCn2cccn2)c(F)cc1[N+](=O)[O-]. The Morgan fingerprint density at radius 1 is 1.55 bits per heavy atom. The van der Waals surface area contributed by atoms with E-state index in [2.05, 4.69) is 10.4 Å². The van der Waals surface area contributed by atoms with Gasteiger partial charge in [0.1, 0.15) is 0 Å². The summed E-state index contributed by atoms with van der Waals surface area (Å²) in [7, 11) is 1.30. The van der Waals surface area contributed by atoms with Gasteiger partial charge in [0.15, 0.2) is 11.6 Å². The van der Waals surface area contributed by atoms with Crippen LogP contribution in [0.15, 0.2) is 30.6 Å². The molecule has 0 aliphatic rings. The van der Waals surface area contributed by atoms with Gasteiger partial charge in [-0.2, -0.15) is 5.10 Å². The molecule has 0 saturated heterocycles. The smallest absolute Gasteiger partial charge is 0.313 e. The maximum Gasteiger partial charge on any atom is 0.313 e. The normalized spacial score (nSPS) is 10.3. The molecule has 1 heterocycles. The maximum absolute atomic E-state index is 13.7. The summed E-state index contributed by atoms with van der Waals surface area (Å²) >= 11 is 0. The standard InChI is InChI=1S/C12H13FN4O3/c1-20-12-8-10(9(13)7-11(12)17(18)19)14-4-6-16-5-2-3-15-16/h2-3,5,7-8,14H,4,6H2,1H3. The molecule has 0 amide bonds. The van der Waals surface area contributed by atoms with Gasteiger partial charge in [0, 0.05) is 25.0 Å². The predicted octanol–water partition coefficient (Wildman–Crippen LogP) is 2.05. The van der Waals surface area contributed by atoms with Crippen LogP contribution in [0.4, 0.5) is 15.8 Å². The number of nitrogens with zero attached hydrogens (tertiary/aromatic N) is 3. The Balaban J connectivity index is 2.09. The predicted molar refractivity (Wildman–Crippen MR) is 70.3 cm³/mol. The molecule has 0 bridgehead atoms. The lowest BCUT2D eigenvalue weighted by Crippen LogP contribution is -2.12. The highest BCUT2D eigenvalue weighted by molar-refractivity contribution is 5.59. The van der Waals surface area contributed by atoms with Crippen LogP contribution in [-0.2, 0) is 6.54 Å². The fraction of sp³-hybridized carbons (Fsp3) is 0.250. The molecule has 106 valence electrons. The molecule has 2 rings (SSSR count). The molecule has 1 aromatic heterocycles. The molecule has 0 radical (unpaired) electrons. The van der Waals surface area contributed by atoms with E-state index in [0.29, 0.717) is 13.1 Å². The first-order valence-electron chi connectivity index (χ1n) is 5.85. The lowest BCUT2D eigenvalue weighted by Gasteiger charge is -2.10. The van der Waals surface area contributed by atoms with Crippen molar-refractivity contribution in [3.63, 3.8) is 0 Å². The molecule has 1 aromatic carbocycles. The van der Waals surface area contributed by atoms with Gasteiger partial charge in [-0.25, -0.2) is 4.39 Å². The highest BCUT2D eigenvalue weighted by atomic mass is 19.1. The quantitative estimate of drug-likeness (QED) is 0.647. The minimum Gasteiger partial charge on any atom is -0.490 e. The molecular weight excluding hydrogens is 267 g/mol. The molecule has 0 unspecified atom stereocenters. The monoisotopic (exact) mass is 280 g/mol. The number of hydrogen-bond donors (Lipinski definition) is 1. The second-order valence-electron chi connectivity index (χ2n) is 3.96. The summed E-state index contributed by atoms with van der Waals surface area (Å²) in [5, 5.41) is 17.6. The summed E-state index contributed by atoms with van der Waals surface area (Å²) < 4.78 is 20.3. The van der Waals surface area contributed by atoms with Crippen LogP contribution >= 0.6 is 0 Å². The number of hydrogen-bond acceptors (Lipinski definition) is 5. The molecule has 7 nitrogen and oxygen atoms in total. The van der Waals surface area contributed by atoms with Crippen molar-refractivity contribution in [2.24, 2.45) is 0 Å². The van der Waals surface area contributed by atoms with Gasteiger partial charge in [-0.05, 0) is 6.07 Å². The van der Waals surface area contributed by atoms with Crippen LogP contribution in [0.5, 0.6) is 5.75 Å². The molecule has 0 aliphatic heterocycles. The summed E-state index contributed by atoms with van der Waals surface area (Å²) in [5.41, 5.74) is -0.248. The Morgan fingerprint density at radius 2 is 2.35 bits per heavy atom. The summed E-state index contributed by atoms with van der Waals surface area (Å²) in [6.45, 7) is 0.977. The highest BCUT2D eigenvalue weighted by Gasteiger charge is 2.18. The number of aromatic nitrogens is 2. The van der Waals surface area contributed by atoms with E-state index in [4.69, 9.17) is 4.74 Å². The molecule has 0 saturated carbocycles. The first-order chi connectivity index (χ1) is 9.61. The number of methoxy groups -OCH3 is 1. The number of nitro benzene ring substituents is 1. The van der Waals surface area contributed by atoms with Crippen molar-refractivity contribution in [1.82, 2.24) is 9.78 Å². The first-order valence-corrected chi connectivity index (χ1v) is 5.85. The first kappa shape index (κ1) is 13.8. The second kappa shape index (κ2) is 6.00. The molecule has 0 spiro atoms. The van der Waals surface area contributed by atoms with Gasteiger partial charge in [0.2, 0.25) is 0 Å². The number of anilines is 1. The van der Waals surface area contributed by atoms with E-state index in [9.17, 15) is 14.5 Å². The van der Waals surface area contributed by atoms with Gasteiger partial charge < -0.3 is 10.1 Å². The lowest BCUT2D eigenvalue weighted by atomic mass is 10.2. The molecule has 20 heavy (non-hydrogen) atoms. The van der Waals surface area contributed by atoms with E-state index in [1.165, 1.54) is 13.2 Å². The molecule has 0 atom stereocenters. The van der Waals surface area contributed by atoms with Gasteiger partial charge in [0.05, 0.1) is 30.3 Å². The van der Waals surface area contributed by atoms with Crippen molar-refractivity contribution in [3.8, 4) is 5.75 Å². The zero-order chi connectivity index (χ0) is 14.5. The minimum absolute atomic E-state index is 0.0120. The number of rotatable bonds is 6. The minimum atomic E-state index is -0.696. The summed E-state index contributed by atoms with van der Waals surface area (Å²) in [6, 6.07) is 3.90. The Hall–Kier alpha value is -2.64. The van der Waals surface area contributed by atoms with Crippen LogP contribution < -0.4 is 10.1 Å². The third kappa shape index (κ3) is 3.02. The van der Waals surface area contributed by atoms with Crippen LogP contribution in [0.25, 0.3) is 0 Å². The van der Waals surface area contributed by atoms with E-state index >= 15 is 0 Å². The number of nitro groups is 1.